The largest absolute Gasteiger partial charge is 0.395 e. The molecule has 0 aromatic carbocycles. The molecule has 1 rings (SSSR count). The smallest absolute Gasteiger partial charge is 0.280 e. The van der Waals surface area contributed by atoms with Crippen molar-refractivity contribution in [3.8, 4) is 0 Å². The van der Waals surface area contributed by atoms with Gasteiger partial charge in [-0.3, -0.25) is 0 Å². The molecule has 0 aliphatic carbocycles. The van der Waals surface area contributed by atoms with E-state index < -0.39 is 16.3 Å². The molecule has 15 heavy (non-hydrogen) atoms. The lowest BCUT2D eigenvalue weighted by atomic mass is 10.3. The highest BCUT2D eigenvalue weighted by Gasteiger charge is 2.32. The first-order valence-electron chi connectivity index (χ1n) is 4.95. The zero-order valence-electron chi connectivity index (χ0n) is 9.01. The van der Waals surface area contributed by atoms with Crippen molar-refractivity contribution in [1.29, 1.82) is 0 Å². The van der Waals surface area contributed by atoms with Gasteiger partial charge in [0.15, 0.2) is 0 Å². The average molecular weight is 238 g/mol. The van der Waals surface area contributed by atoms with E-state index in [1.54, 1.807) is 13.8 Å². The van der Waals surface area contributed by atoms with E-state index in [1.807, 2.05) is 0 Å². The third-order valence-corrected chi connectivity index (χ3v) is 3.95. The molecule has 7 heteroatoms. The highest BCUT2D eigenvalue weighted by Crippen LogP contribution is 2.11. The van der Waals surface area contributed by atoms with E-state index in [2.05, 4.69) is 4.72 Å². The molecular formula is C8H18N2O4S. The minimum atomic E-state index is -3.50. The predicted octanol–water partition coefficient (Wildman–Crippen LogP) is -1.08. The highest BCUT2D eigenvalue weighted by molar-refractivity contribution is 7.87. The van der Waals surface area contributed by atoms with Gasteiger partial charge in [0, 0.05) is 12.6 Å². The monoisotopic (exact) mass is 238 g/mol. The van der Waals surface area contributed by atoms with Gasteiger partial charge in [0.1, 0.15) is 0 Å². The second-order valence-electron chi connectivity index (χ2n) is 3.80. The van der Waals surface area contributed by atoms with Crippen LogP contribution in [0.25, 0.3) is 0 Å². The summed E-state index contributed by atoms with van der Waals surface area (Å²) in [5.41, 5.74) is 0. The van der Waals surface area contributed by atoms with Crippen LogP contribution in [0, 0.1) is 0 Å². The van der Waals surface area contributed by atoms with Gasteiger partial charge in [0.05, 0.1) is 25.9 Å². The maximum absolute atomic E-state index is 11.8. The number of aliphatic hydroxyl groups excluding tert-OH is 1. The van der Waals surface area contributed by atoms with E-state index in [4.69, 9.17) is 9.84 Å². The number of rotatable bonds is 4. The van der Waals surface area contributed by atoms with Crippen LogP contribution in [0.1, 0.15) is 13.8 Å². The van der Waals surface area contributed by atoms with Crippen molar-refractivity contribution < 1.29 is 18.3 Å². The quantitative estimate of drug-likeness (QED) is 0.653. The van der Waals surface area contributed by atoms with E-state index >= 15 is 0 Å². The number of ether oxygens (including phenoxy) is 1. The maximum Gasteiger partial charge on any atom is 0.280 e. The lowest BCUT2D eigenvalue weighted by molar-refractivity contribution is 0.0102. The number of morpholine rings is 1. The van der Waals surface area contributed by atoms with Crippen molar-refractivity contribution in [2.45, 2.75) is 25.9 Å². The van der Waals surface area contributed by atoms with Crippen molar-refractivity contribution in [3.05, 3.63) is 0 Å². The molecule has 1 atom stereocenters. The zero-order chi connectivity index (χ0) is 11.5. The normalized spacial score (nSPS) is 24.7. The van der Waals surface area contributed by atoms with Crippen LogP contribution in [0.3, 0.4) is 0 Å². The molecule has 0 saturated carbocycles. The first-order valence-corrected chi connectivity index (χ1v) is 6.39. The molecule has 0 amide bonds. The van der Waals surface area contributed by atoms with Crippen LogP contribution in [0.15, 0.2) is 0 Å². The summed E-state index contributed by atoms with van der Waals surface area (Å²) >= 11 is 0. The Labute approximate surface area is 90.4 Å². The van der Waals surface area contributed by atoms with Crippen LogP contribution in [0.5, 0.6) is 0 Å². The number of aliphatic hydroxyl groups is 1. The van der Waals surface area contributed by atoms with Gasteiger partial charge in [-0.15, -0.1) is 0 Å². The van der Waals surface area contributed by atoms with Gasteiger partial charge < -0.3 is 9.84 Å². The Morgan fingerprint density at radius 3 is 2.80 bits per heavy atom. The molecule has 6 nitrogen and oxygen atoms in total. The van der Waals surface area contributed by atoms with E-state index in [9.17, 15) is 8.42 Å². The number of hydrogen-bond acceptors (Lipinski definition) is 4. The Balaban J connectivity index is 2.74. The summed E-state index contributed by atoms with van der Waals surface area (Å²) in [7, 11) is -3.50. The van der Waals surface area contributed by atoms with E-state index in [-0.39, 0.29) is 25.8 Å². The van der Waals surface area contributed by atoms with Gasteiger partial charge >= 0.3 is 0 Å². The van der Waals surface area contributed by atoms with Crippen LogP contribution in [0.4, 0.5) is 0 Å². The van der Waals surface area contributed by atoms with Crippen LogP contribution in [-0.2, 0) is 14.9 Å². The Kier molecular flexibility index (Phi) is 4.47. The Morgan fingerprint density at radius 1 is 1.60 bits per heavy atom. The number of nitrogens with one attached hydrogen (secondary N) is 1. The molecule has 0 aromatic heterocycles. The molecule has 0 bridgehead atoms. The van der Waals surface area contributed by atoms with Crippen molar-refractivity contribution >= 4 is 10.2 Å². The van der Waals surface area contributed by atoms with Crippen molar-refractivity contribution in [1.82, 2.24) is 9.03 Å². The Hall–Kier alpha value is -0.210. The highest BCUT2D eigenvalue weighted by atomic mass is 32.2. The van der Waals surface area contributed by atoms with Gasteiger partial charge in [-0.1, -0.05) is 0 Å². The maximum atomic E-state index is 11.8. The van der Waals surface area contributed by atoms with Crippen LogP contribution >= 0.6 is 0 Å². The fraction of sp³-hybridized carbons (Fsp3) is 1.00. The molecule has 0 spiro atoms. The topological polar surface area (TPSA) is 78.9 Å². The second kappa shape index (κ2) is 5.22. The molecule has 0 aromatic rings. The molecule has 2 N–H and O–H groups in total. The van der Waals surface area contributed by atoms with Gasteiger partial charge in [-0.25, -0.2) is 0 Å². The van der Waals surface area contributed by atoms with Crippen molar-refractivity contribution in [3.63, 3.8) is 0 Å². The Morgan fingerprint density at radius 2 is 2.27 bits per heavy atom. The van der Waals surface area contributed by atoms with Crippen molar-refractivity contribution in [2.75, 3.05) is 26.4 Å². The molecule has 1 fully saturated rings. The summed E-state index contributed by atoms with van der Waals surface area (Å²) in [5, 5.41) is 9.05. The molecule has 1 heterocycles. The minimum Gasteiger partial charge on any atom is -0.395 e. The summed E-state index contributed by atoms with van der Waals surface area (Å²) in [4.78, 5) is 0. The summed E-state index contributed by atoms with van der Waals surface area (Å²) in [5.74, 6) is 0. The summed E-state index contributed by atoms with van der Waals surface area (Å²) in [6.45, 7) is 4.19. The molecule has 90 valence electrons. The zero-order valence-corrected chi connectivity index (χ0v) is 9.83. The minimum absolute atomic E-state index is 0.155. The van der Waals surface area contributed by atoms with Gasteiger partial charge in [0.2, 0.25) is 0 Å². The fourth-order valence-electron chi connectivity index (χ4n) is 1.47. The third-order valence-electron chi connectivity index (χ3n) is 2.08. The van der Waals surface area contributed by atoms with E-state index in [1.165, 1.54) is 4.31 Å². The SMILES string of the molecule is CC(C)NS(=O)(=O)N1CCOCC1CO. The summed E-state index contributed by atoms with van der Waals surface area (Å²) in [6.07, 6.45) is 0. The average Bonchev–Trinajstić information content (AvgIpc) is 2.16. The van der Waals surface area contributed by atoms with Gasteiger partial charge in [-0.2, -0.15) is 17.4 Å². The first kappa shape index (κ1) is 12.9. The molecule has 1 saturated heterocycles. The van der Waals surface area contributed by atoms with Crippen LogP contribution in [-0.4, -0.2) is 56.3 Å². The van der Waals surface area contributed by atoms with Gasteiger partial charge in [0.25, 0.3) is 10.2 Å². The number of hydrogen-bond donors (Lipinski definition) is 2. The summed E-state index contributed by atoms with van der Waals surface area (Å²) in [6, 6.07) is -0.632. The lowest BCUT2D eigenvalue weighted by Gasteiger charge is -2.33. The molecule has 1 aliphatic heterocycles. The molecular weight excluding hydrogens is 220 g/mol. The van der Waals surface area contributed by atoms with Gasteiger partial charge in [-0.05, 0) is 13.8 Å². The van der Waals surface area contributed by atoms with Crippen molar-refractivity contribution in [2.24, 2.45) is 0 Å². The second-order valence-corrected chi connectivity index (χ2v) is 5.45. The van der Waals surface area contributed by atoms with Crippen LogP contribution in [0.2, 0.25) is 0 Å². The molecule has 0 radical (unpaired) electrons. The molecule has 1 aliphatic rings. The predicted molar refractivity (Wildman–Crippen MR) is 55.6 cm³/mol. The third kappa shape index (κ3) is 3.39. The standard InChI is InChI=1S/C8H18N2O4S/c1-7(2)9-15(12,13)10-3-4-14-6-8(10)5-11/h7-9,11H,3-6H2,1-2H3. The fourth-order valence-corrected chi connectivity index (χ4v) is 3.03. The van der Waals surface area contributed by atoms with E-state index in [0.717, 1.165) is 0 Å². The van der Waals surface area contributed by atoms with E-state index in [0.29, 0.717) is 6.61 Å². The first-order chi connectivity index (χ1) is 6.97. The summed E-state index contributed by atoms with van der Waals surface area (Å²) < 4.78 is 32.5. The van der Waals surface area contributed by atoms with Crippen LogP contribution < -0.4 is 4.72 Å². The molecule has 1 unspecified atom stereocenters. The Bertz CT molecular complexity index is 291. The lowest BCUT2D eigenvalue weighted by Crippen LogP contribution is -2.55. The number of nitrogens with zero attached hydrogens (tertiary/aromatic N) is 1.